The standard InChI is InChI=1S/C22H19NO/c24-22(19-14-8-3-9-15-19)23-20(16-17-10-4-1-5-11-17)21(23)18-12-6-2-7-13-18/h1-15,20-21H,16H2. The molecule has 3 aromatic rings. The molecule has 0 saturated carbocycles. The van der Waals surface area contributed by atoms with E-state index < -0.39 is 0 Å². The summed E-state index contributed by atoms with van der Waals surface area (Å²) in [4.78, 5) is 14.9. The van der Waals surface area contributed by atoms with E-state index in [2.05, 4.69) is 36.4 Å². The van der Waals surface area contributed by atoms with Crippen LogP contribution >= 0.6 is 0 Å². The zero-order valence-corrected chi connectivity index (χ0v) is 13.4. The van der Waals surface area contributed by atoms with Crippen molar-refractivity contribution >= 4 is 5.91 Å². The summed E-state index contributed by atoms with van der Waals surface area (Å²) < 4.78 is 0. The van der Waals surface area contributed by atoms with E-state index in [1.165, 1.54) is 11.1 Å². The van der Waals surface area contributed by atoms with Gasteiger partial charge in [-0.05, 0) is 29.7 Å². The quantitative estimate of drug-likeness (QED) is 0.650. The molecule has 3 aromatic carbocycles. The van der Waals surface area contributed by atoms with Crippen molar-refractivity contribution < 1.29 is 4.79 Å². The van der Waals surface area contributed by atoms with Crippen LogP contribution in [0, 0.1) is 0 Å². The molecule has 1 aliphatic rings. The molecule has 1 heterocycles. The second-order valence-electron chi connectivity index (χ2n) is 6.19. The molecule has 0 aliphatic carbocycles. The molecule has 0 N–H and O–H groups in total. The van der Waals surface area contributed by atoms with Gasteiger partial charge in [-0.2, -0.15) is 0 Å². The summed E-state index contributed by atoms with van der Waals surface area (Å²) in [5, 5.41) is 0. The zero-order valence-electron chi connectivity index (χ0n) is 13.4. The Balaban J connectivity index is 1.61. The van der Waals surface area contributed by atoms with Gasteiger partial charge in [0, 0.05) is 5.56 Å². The maximum atomic E-state index is 12.9. The topological polar surface area (TPSA) is 20.1 Å². The number of hydrogen-bond acceptors (Lipinski definition) is 1. The van der Waals surface area contributed by atoms with Gasteiger partial charge in [0.05, 0.1) is 12.1 Å². The van der Waals surface area contributed by atoms with Gasteiger partial charge in [0.1, 0.15) is 0 Å². The minimum atomic E-state index is 0.116. The SMILES string of the molecule is O=C(c1ccccc1)N1C(Cc2ccccc2)C1c1ccccc1. The van der Waals surface area contributed by atoms with Crippen molar-refractivity contribution in [3.05, 3.63) is 108 Å². The fourth-order valence-electron chi connectivity index (χ4n) is 3.39. The first kappa shape index (κ1) is 14.7. The van der Waals surface area contributed by atoms with Crippen molar-refractivity contribution in [2.75, 3.05) is 0 Å². The highest BCUT2D eigenvalue weighted by Crippen LogP contribution is 2.45. The van der Waals surface area contributed by atoms with Crippen molar-refractivity contribution in [3.8, 4) is 0 Å². The maximum absolute atomic E-state index is 12.9. The number of rotatable bonds is 4. The maximum Gasteiger partial charge on any atom is 0.254 e. The Labute approximate surface area is 142 Å². The van der Waals surface area contributed by atoms with Gasteiger partial charge in [-0.25, -0.2) is 0 Å². The van der Waals surface area contributed by atoms with E-state index in [4.69, 9.17) is 0 Å². The van der Waals surface area contributed by atoms with E-state index in [1.807, 2.05) is 59.5 Å². The number of hydrogen-bond donors (Lipinski definition) is 0. The van der Waals surface area contributed by atoms with Gasteiger partial charge in [-0.3, -0.25) is 4.79 Å². The van der Waals surface area contributed by atoms with Crippen LogP contribution in [0.1, 0.15) is 27.5 Å². The molecular weight excluding hydrogens is 294 g/mol. The van der Waals surface area contributed by atoms with E-state index in [0.717, 1.165) is 12.0 Å². The van der Waals surface area contributed by atoms with Crippen LogP contribution in [0.5, 0.6) is 0 Å². The molecule has 0 spiro atoms. The van der Waals surface area contributed by atoms with Crippen LogP contribution in [0.25, 0.3) is 0 Å². The highest BCUT2D eigenvalue weighted by Gasteiger charge is 2.51. The molecule has 0 bridgehead atoms. The van der Waals surface area contributed by atoms with Crippen molar-refractivity contribution in [2.45, 2.75) is 18.5 Å². The number of benzene rings is 3. The second-order valence-corrected chi connectivity index (χ2v) is 6.19. The highest BCUT2D eigenvalue weighted by atomic mass is 16.2. The summed E-state index contributed by atoms with van der Waals surface area (Å²) in [7, 11) is 0. The predicted octanol–water partition coefficient (Wildman–Crippen LogP) is 4.50. The van der Waals surface area contributed by atoms with E-state index in [9.17, 15) is 4.79 Å². The van der Waals surface area contributed by atoms with Crippen LogP contribution < -0.4 is 0 Å². The zero-order chi connectivity index (χ0) is 16.4. The van der Waals surface area contributed by atoms with Gasteiger partial charge in [-0.15, -0.1) is 0 Å². The molecule has 1 fully saturated rings. The normalized spacial score (nSPS) is 19.1. The van der Waals surface area contributed by atoms with E-state index in [0.29, 0.717) is 0 Å². The van der Waals surface area contributed by atoms with Gasteiger partial charge in [-0.1, -0.05) is 78.9 Å². The molecule has 0 radical (unpaired) electrons. The van der Waals surface area contributed by atoms with Crippen LogP contribution in [0.4, 0.5) is 0 Å². The number of nitrogens with zero attached hydrogens (tertiary/aromatic N) is 1. The van der Waals surface area contributed by atoms with E-state index >= 15 is 0 Å². The molecule has 0 aromatic heterocycles. The third kappa shape index (κ3) is 2.83. The second kappa shape index (κ2) is 6.32. The fourth-order valence-corrected chi connectivity index (χ4v) is 3.39. The van der Waals surface area contributed by atoms with Crippen LogP contribution in [0.15, 0.2) is 91.0 Å². The lowest BCUT2D eigenvalue weighted by molar-refractivity contribution is 0.0864. The Kier molecular flexibility index (Phi) is 3.87. The summed E-state index contributed by atoms with van der Waals surface area (Å²) in [6.45, 7) is 0. The van der Waals surface area contributed by atoms with Crippen molar-refractivity contribution in [1.82, 2.24) is 4.90 Å². The number of amides is 1. The molecule has 1 aliphatic heterocycles. The summed E-state index contributed by atoms with van der Waals surface area (Å²) in [6, 6.07) is 30.7. The molecular formula is C22H19NO. The lowest BCUT2D eigenvalue weighted by Crippen LogP contribution is -2.15. The largest absolute Gasteiger partial charge is 0.324 e. The molecule has 118 valence electrons. The van der Waals surface area contributed by atoms with Crippen LogP contribution in [-0.4, -0.2) is 16.8 Å². The highest BCUT2D eigenvalue weighted by molar-refractivity contribution is 5.96. The lowest BCUT2D eigenvalue weighted by Gasteiger charge is -2.05. The Morgan fingerprint density at radius 2 is 1.29 bits per heavy atom. The lowest BCUT2D eigenvalue weighted by atomic mass is 10.0. The first-order valence-electron chi connectivity index (χ1n) is 8.31. The average molecular weight is 313 g/mol. The Bertz CT molecular complexity index is 814. The molecule has 2 nitrogen and oxygen atoms in total. The summed E-state index contributed by atoms with van der Waals surface area (Å²) >= 11 is 0. The van der Waals surface area contributed by atoms with Gasteiger partial charge >= 0.3 is 0 Å². The van der Waals surface area contributed by atoms with E-state index in [1.54, 1.807) is 0 Å². The molecule has 1 saturated heterocycles. The third-order valence-corrected chi connectivity index (χ3v) is 4.62. The number of carbonyl (C=O) groups excluding carboxylic acids is 1. The third-order valence-electron chi connectivity index (χ3n) is 4.62. The number of carbonyl (C=O) groups is 1. The van der Waals surface area contributed by atoms with Crippen molar-refractivity contribution in [3.63, 3.8) is 0 Å². The Hall–Kier alpha value is -2.87. The van der Waals surface area contributed by atoms with Gasteiger partial charge in [0.2, 0.25) is 0 Å². The van der Waals surface area contributed by atoms with Crippen LogP contribution in [-0.2, 0) is 6.42 Å². The van der Waals surface area contributed by atoms with Crippen LogP contribution in [0.3, 0.4) is 0 Å². The molecule has 2 atom stereocenters. The van der Waals surface area contributed by atoms with E-state index in [-0.39, 0.29) is 18.0 Å². The molecule has 24 heavy (non-hydrogen) atoms. The fraction of sp³-hybridized carbons (Fsp3) is 0.136. The summed E-state index contributed by atoms with van der Waals surface area (Å²) in [6.07, 6.45) is 0.888. The molecule has 1 amide bonds. The van der Waals surface area contributed by atoms with Gasteiger partial charge in [0.15, 0.2) is 0 Å². The first-order valence-corrected chi connectivity index (χ1v) is 8.31. The molecule has 2 heteroatoms. The Morgan fingerprint density at radius 3 is 1.92 bits per heavy atom. The van der Waals surface area contributed by atoms with Gasteiger partial charge < -0.3 is 4.90 Å². The molecule has 4 rings (SSSR count). The first-order chi connectivity index (χ1) is 11.8. The Morgan fingerprint density at radius 1 is 0.750 bits per heavy atom. The minimum Gasteiger partial charge on any atom is -0.324 e. The van der Waals surface area contributed by atoms with Crippen molar-refractivity contribution in [2.24, 2.45) is 0 Å². The summed E-state index contributed by atoms with van der Waals surface area (Å²) in [5.41, 5.74) is 3.24. The monoisotopic (exact) mass is 313 g/mol. The molecule has 2 unspecified atom stereocenters. The average Bonchev–Trinajstić information content (AvgIpc) is 3.37. The predicted molar refractivity (Wildman–Crippen MR) is 95.7 cm³/mol. The minimum absolute atomic E-state index is 0.116. The van der Waals surface area contributed by atoms with Crippen LogP contribution in [0.2, 0.25) is 0 Å². The van der Waals surface area contributed by atoms with Crippen molar-refractivity contribution in [1.29, 1.82) is 0 Å². The smallest absolute Gasteiger partial charge is 0.254 e. The van der Waals surface area contributed by atoms with Gasteiger partial charge in [0.25, 0.3) is 5.91 Å². The summed E-state index contributed by atoms with van der Waals surface area (Å²) in [5.74, 6) is 0.116.